The summed E-state index contributed by atoms with van der Waals surface area (Å²) < 4.78 is 12.0. The normalized spacial score (nSPS) is 18.5. The molecule has 7 heteroatoms. The first-order valence-electron chi connectivity index (χ1n) is 11.1. The lowest BCUT2D eigenvalue weighted by Gasteiger charge is -2.45. The number of halogens is 1. The molecule has 3 aromatic rings. The number of hydrogen-bond acceptors (Lipinski definition) is 4. The zero-order chi connectivity index (χ0) is 24.0. The van der Waals surface area contributed by atoms with E-state index in [-0.39, 0.29) is 11.8 Å². The molecule has 2 aliphatic heterocycles. The minimum absolute atomic E-state index is 0.0510. The number of carbonyl (C=O) groups excluding carboxylic acids is 2. The van der Waals surface area contributed by atoms with Crippen LogP contribution in [-0.2, 0) is 11.2 Å². The molecule has 3 aromatic carbocycles. The first kappa shape index (κ1) is 22.5. The van der Waals surface area contributed by atoms with Crippen LogP contribution in [0.15, 0.2) is 59.1 Å². The van der Waals surface area contributed by atoms with Crippen molar-refractivity contribution in [3.63, 3.8) is 0 Å². The van der Waals surface area contributed by atoms with Gasteiger partial charge in [0.05, 0.1) is 26.2 Å². The molecule has 1 N–H and O–H groups in total. The largest absolute Gasteiger partial charge is 0.493 e. The van der Waals surface area contributed by atoms with Gasteiger partial charge in [0.2, 0.25) is 5.91 Å². The number of hydrogen-bond donors (Lipinski definition) is 1. The van der Waals surface area contributed by atoms with Gasteiger partial charge in [0.1, 0.15) is 0 Å². The highest BCUT2D eigenvalue weighted by molar-refractivity contribution is 9.10. The van der Waals surface area contributed by atoms with Gasteiger partial charge in [-0.05, 0) is 72.0 Å². The van der Waals surface area contributed by atoms with Crippen LogP contribution in [0.2, 0.25) is 0 Å². The maximum absolute atomic E-state index is 13.9. The van der Waals surface area contributed by atoms with Crippen LogP contribution in [0, 0.1) is 6.92 Å². The fraction of sp³-hybridized carbons (Fsp3) is 0.259. The van der Waals surface area contributed by atoms with Crippen molar-refractivity contribution in [2.45, 2.75) is 25.3 Å². The second kappa shape index (κ2) is 8.80. The number of nitrogens with one attached hydrogen (secondary N) is 1. The molecular formula is C27H25BrN2O4. The highest BCUT2D eigenvalue weighted by atomic mass is 79.9. The molecule has 0 fully saturated rings. The number of carbonyl (C=O) groups is 2. The van der Waals surface area contributed by atoms with Gasteiger partial charge in [0.25, 0.3) is 5.91 Å². The standard InChI is InChI=1S/C27H25BrN2O4/c1-15-12-17(28)8-9-21(15)29-26(31)24-18-6-4-5-7-19(18)27(32)30-11-10-16-13-22(33-2)23(34-3)14-20(16)25(24)30/h4-9,12-14,24-25H,10-11H2,1-3H3,(H,29,31)/t24-,25-/m1/s1. The van der Waals surface area contributed by atoms with Gasteiger partial charge >= 0.3 is 0 Å². The molecule has 0 saturated carbocycles. The van der Waals surface area contributed by atoms with Crippen LogP contribution in [0.1, 0.15) is 44.6 Å². The van der Waals surface area contributed by atoms with E-state index in [0.29, 0.717) is 30.0 Å². The molecule has 2 atom stereocenters. The Morgan fingerprint density at radius 2 is 1.76 bits per heavy atom. The molecule has 0 aromatic heterocycles. The lowest BCUT2D eigenvalue weighted by molar-refractivity contribution is -0.119. The molecule has 0 saturated heterocycles. The van der Waals surface area contributed by atoms with Gasteiger partial charge in [-0.15, -0.1) is 0 Å². The summed E-state index contributed by atoms with van der Waals surface area (Å²) in [7, 11) is 3.20. The molecule has 5 rings (SSSR count). The second-order valence-electron chi connectivity index (χ2n) is 8.61. The molecule has 0 radical (unpaired) electrons. The van der Waals surface area contributed by atoms with E-state index in [9.17, 15) is 9.59 Å². The molecular weight excluding hydrogens is 496 g/mol. The van der Waals surface area contributed by atoms with E-state index in [1.807, 2.05) is 66.4 Å². The summed E-state index contributed by atoms with van der Waals surface area (Å²) in [4.78, 5) is 29.2. The summed E-state index contributed by atoms with van der Waals surface area (Å²) in [6.45, 7) is 2.49. The molecule has 0 unspecified atom stereocenters. The Morgan fingerprint density at radius 1 is 1.03 bits per heavy atom. The van der Waals surface area contributed by atoms with Crippen molar-refractivity contribution in [3.05, 3.63) is 86.9 Å². The maximum atomic E-state index is 13.9. The minimum atomic E-state index is -0.575. The molecule has 34 heavy (non-hydrogen) atoms. The predicted molar refractivity (Wildman–Crippen MR) is 134 cm³/mol. The SMILES string of the molecule is COc1cc2c(cc1OC)[C@@H]1[C@H](C(=O)Nc3ccc(Br)cc3C)c3ccccc3C(=O)N1CC2. The summed E-state index contributed by atoms with van der Waals surface area (Å²) in [6.07, 6.45) is 0.681. The Kier molecular flexibility index (Phi) is 5.81. The average molecular weight is 521 g/mol. The predicted octanol–water partition coefficient (Wildman–Crippen LogP) is 5.25. The number of amides is 2. The van der Waals surface area contributed by atoms with E-state index < -0.39 is 12.0 Å². The number of methoxy groups -OCH3 is 2. The van der Waals surface area contributed by atoms with Crippen molar-refractivity contribution >= 4 is 33.4 Å². The lowest BCUT2D eigenvalue weighted by atomic mass is 9.75. The zero-order valence-electron chi connectivity index (χ0n) is 19.2. The van der Waals surface area contributed by atoms with Crippen molar-refractivity contribution in [1.29, 1.82) is 0 Å². The van der Waals surface area contributed by atoms with Crippen LogP contribution < -0.4 is 14.8 Å². The third-order valence-electron chi connectivity index (χ3n) is 6.75. The fourth-order valence-electron chi connectivity index (χ4n) is 5.11. The van der Waals surface area contributed by atoms with Gasteiger partial charge in [-0.3, -0.25) is 9.59 Å². The highest BCUT2D eigenvalue weighted by Crippen LogP contribution is 2.48. The summed E-state index contributed by atoms with van der Waals surface area (Å²) >= 11 is 3.48. The third-order valence-corrected chi connectivity index (χ3v) is 7.25. The number of fused-ring (bicyclic) bond motifs is 4. The van der Waals surface area contributed by atoms with Crippen molar-refractivity contribution in [2.75, 3.05) is 26.1 Å². The van der Waals surface area contributed by atoms with Crippen LogP contribution in [0.25, 0.3) is 0 Å². The molecule has 0 bridgehead atoms. The van der Waals surface area contributed by atoms with Crippen LogP contribution in [0.5, 0.6) is 11.5 Å². The smallest absolute Gasteiger partial charge is 0.254 e. The second-order valence-corrected chi connectivity index (χ2v) is 9.53. The Balaban J connectivity index is 1.65. The summed E-state index contributed by atoms with van der Waals surface area (Å²) in [6, 6.07) is 16.6. The third kappa shape index (κ3) is 3.64. The number of benzene rings is 3. The summed E-state index contributed by atoms with van der Waals surface area (Å²) in [5.74, 6) is 0.447. The number of aryl methyl sites for hydroxylation is 1. The van der Waals surface area contributed by atoms with E-state index in [0.717, 1.165) is 32.4 Å². The number of rotatable bonds is 4. The van der Waals surface area contributed by atoms with Crippen molar-refractivity contribution < 1.29 is 19.1 Å². The quantitative estimate of drug-likeness (QED) is 0.510. The van der Waals surface area contributed by atoms with Gasteiger partial charge in [-0.1, -0.05) is 34.1 Å². The fourth-order valence-corrected chi connectivity index (χ4v) is 5.59. The van der Waals surface area contributed by atoms with Crippen molar-refractivity contribution in [2.24, 2.45) is 0 Å². The Labute approximate surface area is 207 Å². The van der Waals surface area contributed by atoms with Gasteiger partial charge in [-0.2, -0.15) is 0 Å². The van der Waals surface area contributed by atoms with Gasteiger partial charge in [-0.25, -0.2) is 0 Å². The average Bonchev–Trinajstić information content (AvgIpc) is 2.84. The van der Waals surface area contributed by atoms with Crippen LogP contribution in [0.3, 0.4) is 0 Å². The highest BCUT2D eigenvalue weighted by Gasteiger charge is 2.46. The van der Waals surface area contributed by atoms with Crippen molar-refractivity contribution in [1.82, 2.24) is 4.90 Å². The number of anilines is 1. The van der Waals surface area contributed by atoms with Gasteiger partial charge < -0.3 is 19.7 Å². The van der Waals surface area contributed by atoms with E-state index in [4.69, 9.17) is 9.47 Å². The maximum Gasteiger partial charge on any atom is 0.254 e. The molecule has 2 heterocycles. The zero-order valence-corrected chi connectivity index (χ0v) is 20.8. The topological polar surface area (TPSA) is 67.9 Å². The number of ether oxygens (including phenoxy) is 2. The molecule has 0 aliphatic carbocycles. The van der Waals surface area contributed by atoms with Gasteiger partial charge in [0.15, 0.2) is 11.5 Å². The van der Waals surface area contributed by atoms with Gasteiger partial charge in [0, 0.05) is 22.3 Å². The minimum Gasteiger partial charge on any atom is -0.493 e. The molecule has 2 amide bonds. The first-order valence-corrected chi connectivity index (χ1v) is 11.9. The summed E-state index contributed by atoms with van der Waals surface area (Å²) in [5.41, 5.74) is 5.00. The lowest BCUT2D eigenvalue weighted by Crippen LogP contribution is -2.49. The molecule has 174 valence electrons. The summed E-state index contributed by atoms with van der Waals surface area (Å²) in [5, 5.41) is 3.12. The monoisotopic (exact) mass is 520 g/mol. The van der Waals surface area contributed by atoms with E-state index in [2.05, 4.69) is 21.2 Å². The van der Waals surface area contributed by atoms with E-state index in [1.54, 1.807) is 14.2 Å². The Morgan fingerprint density at radius 3 is 2.50 bits per heavy atom. The van der Waals surface area contributed by atoms with Crippen LogP contribution in [-0.4, -0.2) is 37.5 Å². The van der Waals surface area contributed by atoms with Crippen LogP contribution in [0.4, 0.5) is 5.69 Å². The Bertz CT molecular complexity index is 1310. The van der Waals surface area contributed by atoms with E-state index in [1.165, 1.54) is 0 Å². The first-order chi connectivity index (χ1) is 16.4. The molecule has 6 nitrogen and oxygen atoms in total. The van der Waals surface area contributed by atoms with Crippen molar-refractivity contribution in [3.8, 4) is 11.5 Å². The molecule has 0 spiro atoms. The Hall–Kier alpha value is -3.32. The van der Waals surface area contributed by atoms with Crippen LogP contribution >= 0.6 is 15.9 Å². The van der Waals surface area contributed by atoms with E-state index >= 15 is 0 Å². The number of nitrogens with zero attached hydrogens (tertiary/aromatic N) is 1. The molecule has 2 aliphatic rings.